The van der Waals surface area contributed by atoms with Crippen molar-refractivity contribution in [1.29, 1.82) is 0 Å². The molecule has 0 spiro atoms. The number of nitrogens with one attached hydrogen (secondary N) is 1. The molecule has 21 heavy (non-hydrogen) atoms. The van der Waals surface area contributed by atoms with Gasteiger partial charge in [0, 0.05) is 15.9 Å². The number of carbonyl (C=O) groups excluding carboxylic acids is 1. The summed E-state index contributed by atoms with van der Waals surface area (Å²) in [5.41, 5.74) is 0.419. The second kappa shape index (κ2) is 7.83. The molecule has 0 heterocycles. The number of halogens is 1. The van der Waals surface area contributed by atoms with Crippen LogP contribution in [0.2, 0.25) is 0 Å². The number of amides is 1. The molecule has 0 radical (unpaired) electrons. The molecule has 1 aromatic rings. The number of hydrogen-bond acceptors (Lipinski definition) is 5. The molecule has 0 aliphatic carbocycles. The fraction of sp³-hybridized carbons (Fsp3) is 0.462. The second-order valence-corrected chi connectivity index (χ2v) is 7.81. The molecule has 0 aromatic heterocycles. The smallest absolute Gasteiger partial charge is 0.252 e. The lowest BCUT2D eigenvalue weighted by atomic mass is 10.2. The predicted molar refractivity (Wildman–Crippen MR) is 88.9 cm³/mol. The minimum atomic E-state index is -3.09. The zero-order chi connectivity index (χ0) is 16.0. The van der Waals surface area contributed by atoms with Crippen molar-refractivity contribution >= 4 is 38.3 Å². The molecule has 1 rings (SSSR count). The largest absolute Gasteiger partial charge is 0.493 e. The Kier molecular flexibility index (Phi) is 6.72. The van der Waals surface area contributed by atoms with E-state index in [2.05, 4.69) is 5.32 Å². The first kappa shape index (κ1) is 18.0. The Morgan fingerprint density at radius 1 is 1.24 bits per heavy atom. The van der Waals surface area contributed by atoms with Crippen molar-refractivity contribution in [2.45, 2.75) is 6.92 Å². The first-order chi connectivity index (χ1) is 9.84. The lowest BCUT2D eigenvalue weighted by Gasteiger charge is -2.12. The average Bonchev–Trinajstić information content (AvgIpc) is 2.46. The summed E-state index contributed by atoms with van der Waals surface area (Å²) in [6.07, 6.45) is 0. The highest BCUT2D eigenvalue weighted by molar-refractivity contribution is 14.1. The third-order valence-corrected chi connectivity index (χ3v) is 5.45. The van der Waals surface area contributed by atoms with Crippen molar-refractivity contribution in [3.05, 3.63) is 21.3 Å². The number of carbonyl (C=O) groups is 1. The molecule has 6 nitrogen and oxygen atoms in total. The maximum absolute atomic E-state index is 12.1. The van der Waals surface area contributed by atoms with Crippen LogP contribution in [0.1, 0.15) is 17.3 Å². The maximum atomic E-state index is 12.1. The van der Waals surface area contributed by atoms with Gasteiger partial charge in [0.2, 0.25) is 0 Å². The maximum Gasteiger partial charge on any atom is 0.252 e. The van der Waals surface area contributed by atoms with E-state index in [4.69, 9.17) is 9.47 Å². The van der Waals surface area contributed by atoms with Gasteiger partial charge in [0.05, 0.1) is 25.5 Å². The summed E-state index contributed by atoms with van der Waals surface area (Å²) >= 11 is 2.02. The number of sulfone groups is 1. The van der Waals surface area contributed by atoms with E-state index in [1.165, 1.54) is 14.2 Å². The third kappa shape index (κ3) is 5.03. The molecule has 0 saturated heterocycles. The topological polar surface area (TPSA) is 81.7 Å². The Hall–Kier alpha value is -1.03. The van der Waals surface area contributed by atoms with Gasteiger partial charge in [-0.1, -0.05) is 6.92 Å². The Labute approximate surface area is 138 Å². The lowest BCUT2D eigenvalue weighted by molar-refractivity contribution is 0.0955. The quantitative estimate of drug-likeness (QED) is 0.667. The molecule has 0 aliphatic heterocycles. The van der Waals surface area contributed by atoms with Crippen molar-refractivity contribution in [1.82, 2.24) is 5.32 Å². The number of ether oxygens (including phenoxy) is 2. The molecular formula is C13H18INO5S. The normalized spacial score (nSPS) is 11.0. The van der Waals surface area contributed by atoms with Crippen LogP contribution in [0.5, 0.6) is 11.5 Å². The standard InChI is InChI=1S/C13H18INO5S/c1-4-21(17,18)6-5-15-13(16)9-7-11(19-2)12(20-3)8-10(9)14/h7-8H,4-6H2,1-3H3,(H,15,16). The van der Waals surface area contributed by atoms with Gasteiger partial charge < -0.3 is 14.8 Å². The summed E-state index contributed by atoms with van der Waals surface area (Å²) in [6, 6.07) is 3.27. The van der Waals surface area contributed by atoms with Gasteiger partial charge in [-0.05, 0) is 34.7 Å². The number of hydrogen-bond donors (Lipinski definition) is 1. The predicted octanol–water partition coefficient (Wildman–Crippen LogP) is 1.47. The van der Waals surface area contributed by atoms with E-state index in [-0.39, 0.29) is 24.0 Å². The number of rotatable bonds is 7. The summed E-state index contributed by atoms with van der Waals surface area (Å²) in [5.74, 6) is 0.637. The highest BCUT2D eigenvalue weighted by Crippen LogP contribution is 2.31. The van der Waals surface area contributed by atoms with E-state index in [1.54, 1.807) is 19.1 Å². The van der Waals surface area contributed by atoms with Crippen LogP contribution >= 0.6 is 22.6 Å². The van der Waals surface area contributed by atoms with Crippen LogP contribution in [0.25, 0.3) is 0 Å². The van der Waals surface area contributed by atoms with Crippen molar-refractivity contribution in [3.8, 4) is 11.5 Å². The van der Waals surface area contributed by atoms with Gasteiger partial charge in [-0.3, -0.25) is 4.79 Å². The van der Waals surface area contributed by atoms with Crippen LogP contribution in [0.3, 0.4) is 0 Å². The minimum Gasteiger partial charge on any atom is -0.493 e. The van der Waals surface area contributed by atoms with Gasteiger partial charge in [-0.15, -0.1) is 0 Å². The van der Waals surface area contributed by atoms with E-state index in [9.17, 15) is 13.2 Å². The first-order valence-electron chi connectivity index (χ1n) is 6.24. The molecule has 0 aliphatic rings. The lowest BCUT2D eigenvalue weighted by Crippen LogP contribution is -2.30. The van der Waals surface area contributed by atoms with Crippen molar-refractivity contribution in [3.63, 3.8) is 0 Å². The Morgan fingerprint density at radius 2 is 1.81 bits per heavy atom. The molecular weight excluding hydrogens is 409 g/mol. The second-order valence-electron chi connectivity index (χ2n) is 4.18. The van der Waals surface area contributed by atoms with Crippen molar-refractivity contribution in [2.24, 2.45) is 0 Å². The summed E-state index contributed by atoms with van der Waals surface area (Å²) < 4.78 is 33.8. The van der Waals surface area contributed by atoms with Crippen LogP contribution in [-0.2, 0) is 9.84 Å². The molecule has 1 amide bonds. The van der Waals surface area contributed by atoms with Crippen LogP contribution in [-0.4, -0.2) is 46.6 Å². The van der Waals surface area contributed by atoms with Gasteiger partial charge in [0.25, 0.3) is 5.91 Å². The fourth-order valence-electron chi connectivity index (χ4n) is 1.59. The highest BCUT2D eigenvalue weighted by Gasteiger charge is 2.16. The van der Waals surface area contributed by atoms with Crippen LogP contribution < -0.4 is 14.8 Å². The van der Waals surface area contributed by atoms with E-state index in [0.29, 0.717) is 20.6 Å². The van der Waals surface area contributed by atoms with E-state index in [0.717, 1.165) is 0 Å². The monoisotopic (exact) mass is 427 g/mol. The summed E-state index contributed by atoms with van der Waals surface area (Å²) in [7, 11) is -0.0888. The average molecular weight is 427 g/mol. The minimum absolute atomic E-state index is 0.0662. The summed E-state index contributed by atoms with van der Waals surface area (Å²) in [5, 5.41) is 2.60. The molecule has 0 saturated carbocycles. The number of methoxy groups -OCH3 is 2. The van der Waals surface area contributed by atoms with Gasteiger partial charge in [0.15, 0.2) is 21.3 Å². The van der Waals surface area contributed by atoms with E-state index < -0.39 is 9.84 Å². The molecule has 1 N–H and O–H groups in total. The molecule has 118 valence electrons. The molecule has 8 heteroatoms. The first-order valence-corrected chi connectivity index (χ1v) is 9.14. The molecule has 0 bridgehead atoms. The molecule has 0 atom stereocenters. The van der Waals surface area contributed by atoms with Crippen LogP contribution in [0.15, 0.2) is 12.1 Å². The van der Waals surface area contributed by atoms with Gasteiger partial charge in [-0.25, -0.2) is 8.42 Å². The highest BCUT2D eigenvalue weighted by atomic mass is 127. The van der Waals surface area contributed by atoms with E-state index in [1.807, 2.05) is 22.6 Å². The van der Waals surface area contributed by atoms with Gasteiger partial charge in [-0.2, -0.15) is 0 Å². The molecule has 0 fully saturated rings. The molecule has 0 unspecified atom stereocenters. The molecule has 1 aromatic carbocycles. The summed E-state index contributed by atoms with van der Waals surface area (Å²) in [6.45, 7) is 1.66. The number of benzene rings is 1. The summed E-state index contributed by atoms with van der Waals surface area (Å²) in [4.78, 5) is 12.1. The Morgan fingerprint density at radius 3 is 2.33 bits per heavy atom. The van der Waals surface area contributed by atoms with Gasteiger partial charge >= 0.3 is 0 Å². The van der Waals surface area contributed by atoms with Crippen LogP contribution in [0.4, 0.5) is 0 Å². The van der Waals surface area contributed by atoms with Crippen molar-refractivity contribution < 1.29 is 22.7 Å². The van der Waals surface area contributed by atoms with Crippen molar-refractivity contribution in [2.75, 3.05) is 32.3 Å². The Balaban J connectivity index is 2.83. The third-order valence-electron chi connectivity index (χ3n) is 2.86. The van der Waals surface area contributed by atoms with E-state index >= 15 is 0 Å². The van der Waals surface area contributed by atoms with Crippen LogP contribution in [0, 0.1) is 3.57 Å². The van der Waals surface area contributed by atoms with Gasteiger partial charge in [0.1, 0.15) is 0 Å². The SMILES string of the molecule is CCS(=O)(=O)CCNC(=O)c1cc(OC)c(OC)cc1I. The zero-order valence-electron chi connectivity index (χ0n) is 12.1. The Bertz CT molecular complexity index is 615. The zero-order valence-corrected chi connectivity index (χ0v) is 15.1. The fourth-order valence-corrected chi connectivity index (χ4v) is 2.97.